The van der Waals surface area contributed by atoms with Gasteiger partial charge in [0.2, 0.25) is 0 Å². The summed E-state index contributed by atoms with van der Waals surface area (Å²) < 4.78 is 11.4. The summed E-state index contributed by atoms with van der Waals surface area (Å²) in [5.41, 5.74) is 2.41. The lowest BCUT2D eigenvalue weighted by Crippen LogP contribution is -2.28. The number of aryl methyl sites for hydroxylation is 1. The minimum atomic E-state index is 0.651. The smallest absolute Gasteiger partial charge is 0.145 e. The quantitative estimate of drug-likeness (QED) is 0.883. The zero-order valence-electron chi connectivity index (χ0n) is 13.6. The Labute approximate surface area is 137 Å². The first-order chi connectivity index (χ1) is 11.3. The number of hydrogen-bond acceptors (Lipinski definition) is 4. The van der Waals surface area contributed by atoms with Crippen molar-refractivity contribution >= 4 is 0 Å². The van der Waals surface area contributed by atoms with Crippen LogP contribution in [-0.2, 0) is 11.3 Å². The van der Waals surface area contributed by atoms with Crippen molar-refractivity contribution in [2.75, 3.05) is 19.8 Å². The monoisotopic (exact) mass is 312 g/mol. The van der Waals surface area contributed by atoms with Crippen LogP contribution < -0.4 is 10.1 Å². The molecule has 4 heteroatoms. The highest BCUT2D eigenvalue weighted by Crippen LogP contribution is 2.25. The van der Waals surface area contributed by atoms with Gasteiger partial charge in [0.25, 0.3) is 0 Å². The van der Waals surface area contributed by atoms with Crippen molar-refractivity contribution in [3.8, 4) is 11.5 Å². The van der Waals surface area contributed by atoms with Gasteiger partial charge >= 0.3 is 0 Å². The molecule has 0 bridgehead atoms. The molecule has 0 saturated carbocycles. The van der Waals surface area contributed by atoms with Gasteiger partial charge in [-0.25, -0.2) is 0 Å². The third-order valence-electron chi connectivity index (χ3n) is 4.12. The number of hydrogen-bond donors (Lipinski definition) is 1. The van der Waals surface area contributed by atoms with Gasteiger partial charge < -0.3 is 14.8 Å². The number of nitrogens with zero attached hydrogens (tertiary/aromatic N) is 1. The summed E-state index contributed by atoms with van der Waals surface area (Å²) in [6.07, 6.45) is 5.92. The molecule has 0 spiro atoms. The van der Waals surface area contributed by atoms with Gasteiger partial charge in [-0.05, 0) is 55.0 Å². The third-order valence-corrected chi connectivity index (χ3v) is 4.12. The molecule has 0 radical (unpaired) electrons. The van der Waals surface area contributed by atoms with Crippen molar-refractivity contribution in [2.24, 2.45) is 5.92 Å². The molecule has 1 saturated heterocycles. The van der Waals surface area contributed by atoms with Crippen molar-refractivity contribution in [2.45, 2.75) is 26.3 Å². The van der Waals surface area contributed by atoms with Crippen molar-refractivity contribution in [1.29, 1.82) is 0 Å². The van der Waals surface area contributed by atoms with Crippen LogP contribution in [0.5, 0.6) is 11.5 Å². The first kappa shape index (κ1) is 16.0. The summed E-state index contributed by atoms with van der Waals surface area (Å²) in [4.78, 5) is 4.07. The van der Waals surface area contributed by atoms with Gasteiger partial charge in [-0.2, -0.15) is 0 Å². The summed E-state index contributed by atoms with van der Waals surface area (Å²) in [5, 5.41) is 3.54. The van der Waals surface area contributed by atoms with Gasteiger partial charge in [-0.1, -0.05) is 12.1 Å². The van der Waals surface area contributed by atoms with E-state index < -0.39 is 0 Å². The minimum absolute atomic E-state index is 0.651. The van der Waals surface area contributed by atoms with Gasteiger partial charge in [0.05, 0.1) is 12.8 Å². The SMILES string of the molecule is Cc1cc(CNC[C@@H]2CCCOC2)ccc1Oc1cccnc1. The van der Waals surface area contributed by atoms with Crippen molar-refractivity contribution in [1.82, 2.24) is 10.3 Å². The maximum Gasteiger partial charge on any atom is 0.145 e. The molecule has 0 unspecified atom stereocenters. The standard InChI is InChI=1S/C19H24N2O2/c1-15-10-16(11-21-12-17-4-3-9-22-14-17)6-7-19(15)23-18-5-2-8-20-13-18/h2,5-8,10,13,17,21H,3-4,9,11-12,14H2,1H3/t17-/m0/s1. The minimum Gasteiger partial charge on any atom is -0.455 e. The molecule has 4 nitrogen and oxygen atoms in total. The van der Waals surface area contributed by atoms with Crippen LogP contribution in [0.25, 0.3) is 0 Å². The molecule has 1 fully saturated rings. The molecule has 1 aliphatic heterocycles. The lowest BCUT2D eigenvalue weighted by molar-refractivity contribution is 0.0547. The van der Waals surface area contributed by atoms with Crippen LogP contribution in [0.2, 0.25) is 0 Å². The van der Waals surface area contributed by atoms with Crippen LogP contribution in [0.1, 0.15) is 24.0 Å². The van der Waals surface area contributed by atoms with E-state index in [1.54, 1.807) is 12.4 Å². The summed E-state index contributed by atoms with van der Waals surface area (Å²) in [7, 11) is 0. The predicted molar refractivity (Wildman–Crippen MR) is 90.7 cm³/mol. The van der Waals surface area contributed by atoms with Crippen LogP contribution in [-0.4, -0.2) is 24.7 Å². The van der Waals surface area contributed by atoms with Gasteiger partial charge in [-0.3, -0.25) is 4.98 Å². The Balaban J connectivity index is 1.52. The maximum absolute atomic E-state index is 5.86. The van der Waals surface area contributed by atoms with Crippen LogP contribution in [0.3, 0.4) is 0 Å². The summed E-state index contributed by atoms with van der Waals surface area (Å²) in [6, 6.07) is 10.1. The Kier molecular flexibility index (Phi) is 5.61. The molecule has 3 rings (SSSR count). The zero-order valence-corrected chi connectivity index (χ0v) is 13.6. The van der Waals surface area contributed by atoms with Crippen molar-refractivity contribution in [3.05, 3.63) is 53.9 Å². The second-order valence-electron chi connectivity index (χ2n) is 6.10. The largest absolute Gasteiger partial charge is 0.455 e. The second-order valence-corrected chi connectivity index (χ2v) is 6.10. The highest BCUT2D eigenvalue weighted by molar-refractivity contribution is 5.39. The summed E-state index contributed by atoms with van der Waals surface area (Å²) in [5.74, 6) is 2.29. The second kappa shape index (κ2) is 8.09. The van der Waals surface area contributed by atoms with Crippen LogP contribution in [0, 0.1) is 12.8 Å². The molecule has 2 heterocycles. The molecule has 0 aliphatic carbocycles. The fourth-order valence-corrected chi connectivity index (χ4v) is 2.86. The first-order valence-corrected chi connectivity index (χ1v) is 8.27. The molecule has 1 aromatic carbocycles. The normalized spacial score (nSPS) is 17.9. The Morgan fingerprint density at radius 3 is 3.04 bits per heavy atom. The molecule has 2 aromatic rings. The van der Waals surface area contributed by atoms with E-state index in [9.17, 15) is 0 Å². The van der Waals surface area contributed by atoms with E-state index >= 15 is 0 Å². The number of ether oxygens (including phenoxy) is 2. The van der Waals surface area contributed by atoms with E-state index in [0.29, 0.717) is 5.92 Å². The summed E-state index contributed by atoms with van der Waals surface area (Å²) >= 11 is 0. The van der Waals surface area contributed by atoms with E-state index in [0.717, 1.165) is 43.4 Å². The Hall–Kier alpha value is -1.91. The average Bonchev–Trinajstić information content (AvgIpc) is 2.59. The zero-order chi connectivity index (χ0) is 15.9. The van der Waals surface area contributed by atoms with Crippen LogP contribution >= 0.6 is 0 Å². The van der Waals surface area contributed by atoms with Crippen LogP contribution in [0.4, 0.5) is 0 Å². The maximum atomic E-state index is 5.86. The van der Waals surface area contributed by atoms with Gasteiger partial charge in [0.1, 0.15) is 11.5 Å². The molecule has 1 aromatic heterocycles. The number of pyridine rings is 1. The molecular weight excluding hydrogens is 288 g/mol. The Morgan fingerprint density at radius 2 is 2.30 bits per heavy atom. The molecular formula is C19H24N2O2. The summed E-state index contributed by atoms with van der Waals surface area (Å²) in [6.45, 7) is 5.79. The fourth-order valence-electron chi connectivity index (χ4n) is 2.86. The lowest BCUT2D eigenvalue weighted by Gasteiger charge is -2.22. The Bertz CT molecular complexity index is 610. The van der Waals surface area contributed by atoms with Gasteiger partial charge in [-0.15, -0.1) is 0 Å². The van der Waals surface area contributed by atoms with E-state index in [4.69, 9.17) is 9.47 Å². The highest BCUT2D eigenvalue weighted by Gasteiger charge is 2.13. The topological polar surface area (TPSA) is 43.4 Å². The third kappa shape index (κ3) is 4.78. The fraction of sp³-hybridized carbons (Fsp3) is 0.421. The molecule has 1 N–H and O–H groups in total. The van der Waals surface area contributed by atoms with E-state index in [1.807, 2.05) is 18.2 Å². The van der Waals surface area contributed by atoms with Crippen molar-refractivity contribution in [3.63, 3.8) is 0 Å². The first-order valence-electron chi connectivity index (χ1n) is 8.27. The van der Waals surface area contributed by atoms with Gasteiger partial charge in [0, 0.05) is 25.9 Å². The number of nitrogens with one attached hydrogen (secondary N) is 1. The molecule has 1 atom stereocenters. The number of benzene rings is 1. The molecule has 23 heavy (non-hydrogen) atoms. The van der Waals surface area contributed by atoms with E-state index in [-0.39, 0.29) is 0 Å². The van der Waals surface area contributed by atoms with E-state index in [2.05, 4.69) is 29.4 Å². The number of rotatable bonds is 6. The van der Waals surface area contributed by atoms with Crippen LogP contribution in [0.15, 0.2) is 42.7 Å². The average molecular weight is 312 g/mol. The Morgan fingerprint density at radius 1 is 1.35 bits per heavy atom. The number of aromatic nitrogens is 1. The predicted octanol–water partition coefficient (Wildman–Crippen LogP) is 3.70. The molecule has 0 amide bonds. The van der Waals surface area contributed by atoms with Gasteiger partial charge in [0.15, 0.2) is 0 Å². The van der Waals surface area contributed by atoms with E-state index in [1.165, 1.54) is 18.4 Å². The lowest BCUT2D eigenvalue weighted by atomic mass is 10.0. The molecule has 1 aliphatic rings. The molecule has 122 valence electrons. The highest BCUT2D eigenvalue weighted by atomic mass is 16.5. The van der Waals surface area contributed by atoms with Crippen molar-refractivity contribution < 1.29 is 9.47 Å².